The van der Waals surface area contributed by atoms with Gasteiger partial charge in [0.25, 0.3) is 0 Å². The summed E-state index contributed by atoms with van der Waals surface area (Å²) < 4.78 is 0. The molecule has 4 rings (SSSR count). The summed E-state index contributed by atoms with van der Waals surface area (Å²) in [5.41, 5.74) is 0.866. The number of hydrogen-bond acceptors (Lipinski definition) is 5. The number of aliphatic hydroxyl groups excluding tert-OH is 1. The molecular weight excluding hydrogens is 306 g/mol. The first-order valence-electron chi connectivity index (χ1n) is 8.57. The lowest BCUT2D eigenvalue weighted by molar-refractivity contribution is -0.131. The van der Waals surface area contributed by atoms with Crippen LogP contribution >= 0.6 is 0 Å². The fourth-order valence-electron chi connectivity index (χ4n) is 4.35. The van der Waals surface area contributed by atoms with Crippen LogP contribution in [0.25, 0.3) is 11.0 Å². The van der Waals surface area contributed by atoms with Crippen LogP contribution in [0.3, 0.4) is 0 Å². The highest BCUT2D eigenvalue weighted by molar-refractivity contribution is 5.87. The van der Waals surface area contributed by atoms with Gasteiger partial charge < -0.3 is 19.9 Å². The second-order valence-corrected chi connectivity index (χ2v) is 6.97. The molecule has 2 aliphatic rings. The Morgan fingerprint density at radius 2 is 2.12 bits per heavy atom. The zero-order valence-electron chi connectivity index (χ0n) is 13.9. The molecule has 0 spiro atoms. The number of aromatic amines is 1. The van der Waals surface area contributed by atoms with Crippen LogP contribution in [0, 0.1) is 11.8 Å². The third-order valence-electron chi connectivity index (χ3n) is 5.62. The maximum atomic E-state index is 12.0. The van der Waals surface area contributed by atoms with E-state index in [0.29, 0.717) is 17.9 Å². The van der Waals surface area contributed by atoms with Crippen molar-refractivity contribution in [2.24, 2.45) is 11.8 Å². The number of aliphatic hydroxyl groups is 1. The molecule has 1 aliphatic heterocycles. The lowest BCUT2D eigenvalue weighted by Gasteiger charge is -2.28. The van der Waals surface area contributed by atoms with Gasteiger partial charge in [0, 0.05) is 38.8 Å². The molecule has 1 amide bonds. The number of carbonyl (C=O) groups excluding carboxylic acids is 1. The molecule has 2 atom stereocenters. The maximum absolute atomic E-state index is 12.0. The highest BCUT2D eigenvalue weighted by atomic mass is 16.3. The molecule has 2 aromatic heterocycles. The minimum absolute atomic E-state index is 0.0591. The first kappa shape index (κ1) is 15.4. The average Bonchev–Trinajstić information content (AvgIpc) is 3.27. The van der Waals surface area contributed by atoms with Gasteiger partial charge in [-0.1, -0.05) is 0 Å². The van der Waals surface area contributed by atoms with Gasteiger partial charge in [0.1, 0.15) is 17.8 Å². The van der Waals surface area contributed by atoms with Crippen molar-refractivity contribution in [2.45, 2.75) is 25.3 Å². The molecule has 0 radical (unpaired) electrons. The standard InChI is InChI=1S/C17H23N5O2/c1-21(17-14-2-4-18-16(14)19-10-20-17)13-6-11-8-22(9-12(11)7-13)15(24)3-5-23/h2,4,10-13,23H,3,5-9H2,1H3,(H,18,19,20). The Hall–Kier alpha value is -2.15. The van der Waals surface area contributed by atoms with E-state index in [0.717, 1.165) is 42.8 Å². The Morgan fingerprint density at radius 3 is 2.83 bits per heavy atom. The number of H-pyrrole nitrogens is 1. The summed E-state index contributed by atoms with van der Waals surface area (Å²) in [5.74, 6) is 2.17. The van der Waals surface area contributed by atoms with Crippen LogP contribution in [-0.4, -0.2) is 63.7 Å². The molecule has 0 aromatic carbocycles. The Labute approximate surface area is 140 Å². The van der Waals surface area contributed by atoms with E-state index in [1.54, 1.807) is 6.33 Å². The van der Waals surface area contributed by atoms with E-state index in [1.807, 2.05) is 17.2 Å². The van der Waals surface area contributed by atoms with Crippen LogP contribution in [-0.2, 0) is 4.79 Å². The highest BCUT2D eigenvalue weighted by Crippen LogP contribution is 2.41. The molecular formula is C17H23N5O2. The fourth-order valence-corrected chi connectivity index (χ4v) is 4.35. The van der Waals surface area contributed by atoms with Gasteiger partial charge in [-0.25, -0.2) is 9.97 Å². The van der Waals surface area contributed by atoms with Gasteiger partial charge in [-0.05, 0) is 30.7 Å². The zero-order valence-corrected chi connectivity index (χ0v) is 13.9. The lowest BCUT2D eigenvalue weighted by Crippen LogP contribution is -2.34. The second kappa shape index (κ2) is 6.05. The lowest BCUT2D eigenvalue weighted by atomic mass is 10.0. The summed E-state index contributed by atoms with van der Waals surface area (Å²) in [5, 5.41) is 9.99. The van der Waals surface area contributed by atoms with Gasteiger partial charge in [-0.15, -0.1) is 0 Å². The quantitative estimate of drug-likeness (QED) is 0.874. The minimum Gasteiger partial charge on any atom is -0.396 e. The molecule has 2 N–H and O–H groups in total. The number of aromatic nitrogens is 3. The number of likely N-dealkylation sites (tertiary alicyclic amines) is 1. The first-order chi connectivity index (χ1) is 11.7. The van der Waals surface area contributed by atoms with E-state index in [-0.39, 0.29) is 18.9 Å². The van der Waals surface area contributed by atoms with Gasteiger partial charge in [0.15, 0.2) is 0 Å². The zero-order chi connectivity index (χ0) is 16.7. The fraction of sp³-hybridized carbons (Fsp3) is 0.588. The normalized spacial score (nSPS) is 26.1. The van der Waals surface area contributed by atoms with Gasteiger partial charge in [0.05, 0.1) is 12.0 Å². The molecule has 1 aliphatic carbocycles. The number of hydrogen-bond donors (Lipinski definition) is 2. The van der Waals surface area contributed by atoms with Gasteiger partial charge in [-0.2, -0.15) is 0 Å². The Morgan fingerprint density at radius 1 is 1.38 bits per heavy atom. The Bertz CT molecular complexity index is 731. The van der Waals surface area contributed by atoms with Crippen LogP contribution < -0.4 is 4.90 Å². The Balaban J connectivity index is 1.45. The molecule has 1 saturated carbocycles. The summed E-state index contributed by atoms with van der Waals surface area (Å²) in [7, 11) is 2.11. The number of amides is 1. The molecule has 3 heterocycles. The summed E-state index contributed by atoms with van der Waals surface area (Å²) >= 11 is 0. The molecule has 7 heteroatoms. The maximum Gasteiger partial charge on any atom is 0.224 e. The van der Waals surface area contributed by atoms with E-state index in [2.05, 4.69) is 26.9 Å². The molecule has 0 bridgehead atoms. The Kier molecular flexibility index (Phi) is 3.88. The van der Waals surface area contributed by atoms with Crippen molar-refractivity contribution in [3.8, 4) is 0 Å². The third kappa shape index (κ3) is 2.53. The molecule has 2 fully saturated rings. The van der Waals surface area contributed by atoms with E-state index in [4.69, 9.17) is 5.11 Å². The number of carbonyl (C=O) groups is 1. The van der Waals surface area contributed by atoms with E-state index in [9.17, 15) is 4.79 Å². The monoisotopic (exact) mass is 329 g/mol. The van der Waals surface area contributed by atoms with Crippen molar-refractivity contribution in [3.05, 3.63) is 18.6 Å². The predicted octanol–water partition coefficient (Wildman–Crippen LogP) is 1.01. The molecule has 1 saturated heterocycles. The third-order valence-corrected chi connectivity index (χ3v) is 5.62. The van der Waals surface area contributed by atoms with Crippen LogP contribution in [0.5, 0.6) is 0 Å². The number of fused-ring (bicyclic) bond motifs is 2. The van der Waals surface area contributed by atoms with Crippen molar-refractivity contribution >= 4 is 22.8 Å². The minimum atomic E-state index is -0.0591. The predicted molar refractivity (Wildman–Crippen MR) is 90.6 cm³/mol. The number of anilines is 1. The molecule has 2 aromatic rings. The number of nitrogens with zero attached hydrogens (tertiary/aromatic N) is 4. The largest absolute Gasteiger partial charge is 0.396 e. The first-order valence-corrected chi connectivity index (χ1v) is 8.57. The average molecular weight is 329 g/mol. The summed E-state index contributed by atoms with van der Waals surface area (Å²) in [4.78, 5) is 28.0. The van der Waals surface area contributed by atoms with Crippen molar-refractivity contribution in [3.63, 3.8) is 0 Å². The van der Waals surface area contributed by atoms with Crippen molar-refractivity contribution < 1.29 is 9.90 Å². The van der Waals surface area contributed by atoms with Gasteiger partial charge >= 0.3 is 0 Å². The summed E-state index contributed by atoms with van der Waals surface area (Å²) in [6, 6.07) is 2.47. The summed E-state index contributed by atoms with van der Waals surface area (Å²) in [6.45, 7) is 1.60. The van der Waals surface area contributed by atoms with Crippen molar-refractivity contribution in [1.29, 1.82) is 0 Å². The smallest absolute Gasteiger partial charge is 0.224 e. The van der Waals surface area contributed by atoms with Crippen LogP contribution in [0.4, 0.5) is 5.82 Å². The van der Waals surface area contributed by atoms with E-state index in [1.165, 1.54) is 0 Å². The highest BCUT2D eigenvalue weighted by Gasteiger charge is 2.43. The van der Waals surface area contributed by atoms with Gasteiger partial charge in [0.2, 0.25) is 5.91 Å². The van der Waals surface area contributed by atoms with Crippen LogP contribution in [0.15, 0.2) is 18.6 Å². The molecule has 24 heavy (non-hydrogen) atoms. The number of rotatable bonds is 4. The van der Waals surface area contributed by atoms with Crippen molar-refractivity contribution in [1.82, 2.24) is 19.9 Å². The van der Waals surface area contributed by atoms with E-state index < -0.39 is 0 Å². The van der Waals surface area contributed by atoms with Gasteiger partial charge in [-0.3, -0.25) is 4.79 Å². The molecule has 7 nitrogen and oxygen atoms in total. The topological polar surface area (TPSA) is 85.4 Å². The van der Waals surface area contributed by atoms with Crippen LogP contribution in [0.1, 0.15) is 19.3 Å². The molecule has 2 unspecified atom stereocenters. The number of nitrogens with one attached hydrogen (secondary N) is 1. The molecule has 128 valence electrons. The van der Waals surface area contributed by atoms with E-state index >= 15 is 0 Å². The summed E-state index contributed by atoms with van der Waals surface area (Å²) in [6.07, 6.45) is 5.91. The SMILES string of the molecule is CN(c1ncnc2[nH]ccc12)C1CC2CN(C(=O)CCO)CC2C1. The van der Waals surface area contributed by atoms with Crippen molar-refractivity contribution in [2.75, 3.05) is 31.6 Å². The second-order valence-electron chi connectivity index (χ2n) is 6.97. The van der Waals surface area contributed by atoms with Crippen LogP contribution in [0.2, 0.25) is 0 Å².